The first-order chi connectivity index (χ1) is 10.4. The monoisotopic (exact) mass is 302 g/mol. The van der Waals surface area contributed by atoms with Crippen LogP contribution in [0, 0.1) is 17.0 Å². The number of aromatic nitrogens is 2. The van der Waals surface area contributed by atoms with E-state index in [0.717, 1.165) is 11.3 Å². The van der Waals surface area contributed by atoms with E-state index in [1.54, 1.807) is 6.92 Å². The van der Waals surface area contributed by atoms with Gasteiger partial charge in [0.2, 0.25) is 11.7 Å². The molecule has 2 rings (SSSR count). The van der Waals surface area contributed by atoms with Gasteiger partial charge in [-0.3, -0.25) is 9.36 Å². The summed E-state index contributed by atoms with van der Waals surface area (Å²) in [6, 6.07) is 7.59. The fraction of sp³-hybridized carbons (Fsp3) is 0.333. The standard InChI is InChI=1S/C15H18N4O3/c1-10(2)12-6-4-5-7-13(12)17-15(20)9-18-8-14(19(21)22)16-11(18)3/h4-8,10H,9H2,1-3H3,(H,17,20). The maximum absolute atomic E-state index is 12.2. The molecule has 22 heavy (non-hydrogen) atoms. The van der Waals surface area contributed by atoms with E-state index in [1.165, 1.54) is 10.8 Å². The number of hydrogen-bond acceptors (Lipinski definition) is 4. The van der Waals surface area contributed by atoms with Gasteiger partial charge < -0.3 is 15.4 Å². The summed E-state index contributed by atoms with van der Waals surface area (Å²) in [6.45, 7) is 5.71. The number of hydrogen-bond donors (Lipinski definition) is 1. The summed E-state index contributed by atoms with van der Waals surface area (Å²) in [5.74, 6) is 0.211. The Hall–Kier alpha value is -2.70. The normalized spacial score (nSPS) is 10.7. The summed E-state index contributed by atoms with van der Waals surface area (Å²) < 4.78 is 1.46. The number of imidazole rings is 1. The molecule has 0 aliphatic carbocycles. The van der Waals surface area contributed by atoms with Crippen LogP contribution in [-0.4, -0.2) is 20.4 Å². The molecule has 1 aromatic carbocycles. The first-order valence-corrected chi connectivity index (χ1v) is 6.95. The average Bonchev–Trinajstić information content (AvgIpc) is 2.80. The van der Waals surface area contributed by atoms with Crippen molar-refractivity contribution in [3.8, 4) is 0 Å². The van der Waals surface area contributed by atoms with Gasteiger partial charge in [-0.2, -0.15) is 0 Å². The highest BCUT2D eigenvalue weighted by Gasteiger charge is 2.17. The van der Waals surface area contributed by atoms with Crippen LogP contribution in [0.3, 0.4) is 0 Å². The van der Waals surface area contributed by atoms with Crippen molar-refractivity contribution >= 4 is 17.4 Å². The van der Waals surface area contributed by atoms with Gasteiger partial charge >= 0.3 is 5.82 Å². The molecule has 7 heteroatoms. The van der Waals surface area contributed by atoms with E-state index in [-0.39, 0.29) is 24.2 Å². The molecule has 1 amide bonds. The van der Waals surface area contributed by atoms with Crippen LogP contribution in [0.25, 0.3) is 0 Å². The summed E-state index contributed by atoms with van der Waals surface area (Å²) in [6.07, 6.45) is 1.27. The van der Waals surface area contributed by atoms with Crippen LogP contribution in [0.1, 0.15) is 31.2 Å². The minimum atomic E-state index is -0.574. The number of carbonyl (C=O) groups is 1. The fourth-order valence-electron chi connectivity index (χ4n) is 2.20. The Morgan fingerprint density at radius 1 is 1.41 bits per heavy atom. The molecule has 0 unspecified atom stereocenters. The van der Waals surface area contributed by atoms with Gasteiger partial charge in [-0.15, -0.1) is 0 Å². The van der Waals surface area contributed by atoms with E-state index >= 15 is 0 Å². The summed E-state index contributed by atoms with van der Waals surface area (Å²) >= 11 is 0. The molecule has 0 radical (unpaired) electrons. The molecule has 0 atom stereocenters. The number of benzene rings is 1. The Balaban J connectivity index is 2.12. The Labute approximate surface area is 128 Å². The van der Waals surface area contributed by atoms with Crippen LogP contribution in [-0.2, 0) is 11.3 Å². The van der Waals surface area contributed by atoms with Gasteiger partial charge in [0, 0.05) is 12.6 Å². The Morgan fingerprint density at radius 2 is 2.09 bits per heavy atom. The van der Waals surface area contributed by atoms with Crippen molar-refractivity contribution in [2.45, 2.75) is 33.2 Å². The second-order valence-corrected chi connectivity index (χ2v) is 5.32. The van der Waals surface area contributed by atoms with Crippen LogP contribution in [0.5, 0.6) is 0 Å². The second-order valence-electron chi connectivity index (χ2n) is 5.32. The first kappa shape index (κ1) is 15.7. The predicted molar refractivity (Wildman–Crippen MR) is 82.8 cm³/mol. The van der Waals surface area contributed by atoms with E-state index in [9.17, 15) is 14.9 Å². The molecule has 7 nitrogen and oxygen atoms in total. The number of amides is 1. The molecule has 1 heterocycles. The molecule has 0 bridgehead atoms. The third kappa shape index (κ3) is 3.49. The number of nitrogens with one attached hydrogen (secondary N) is 1. The molecule has 0 aliphatic heterocycles. The van der Waals surface area contributed by atoms with Crippen molar-refractivity contribution in [3.05, 3.63) is 52.0 Å². The zero-order chi connectivity index (χ0) is 16.3. The maximum Gasteiger partial charge on any atom is 0.381 e. The molecule has 0 fully saturated rings. The topological polar surface area (TPSA) is 90.1 Å². The van der Waals surface area contributed by atoms with E-state index in [2.05, 4.69) is 10.3 Å². The molecule has 116 valence electrons. The molecule has 0 saturated carbocycles. The zero-order valence-electron chi connectivity index (χ0n) is 12.7. The molecular formula is C15H18N4O3. The molecule has 0 spiro atoms. The summed E-state index contributed by atoms with van der Waals surface area (Å²) in [4.78, 5) is 26.1. The number of para-hydroxylation sites is 1. The zero-order valence-corrected chi connectivity index (χ0v) is 12.7. The number of anilines is 1. The summed E-state index contributed by atoms with van der Waals surface area (Å²) in [5.41, 5.74) is 1.80. The lowest BCUT2D eigenvalue weighted by atomic mass is 10.0. The van der Waals surface area contributed by atoms with Crippen LogP contribution >= 0.6 is 0 Å². The lowest BCUT2D eigenvalue weighted by Gasteiger charge is -2.13. The van der Waals surface area contributed by atoms with Gasteiger partial charge in [-0.1, -0.05) is 32.0 Å². The minimum Gasteiger partial charge on any atom is -0.358 e. The molecule has 1 aromatic heterocycles. The fourth-order valence-corrected chi connectivity index (χ4v) is 2.20. The number of nitro groups is 1. The maximum atomic E-state index is 12.2. The highest BCUT2D eigenvalue weighted by molar-refractivity contribution is 5.91. The van der Waals surface area contributed by atoms with Crippen molar-refractivity contribution in [1.82, 2.24) is 9.55 Å². The first-order valence-electron chi connectivity index (χ1n) is 6.95. The SMILES string of the molecule is Cc1nc([N+](=O)[O-])cn1CC(=O)Nc1ccccc1C(C)C. The highest BCUT2D eigenvalue weighted by Crippen LogP contribution is 2.23. The van der Waals surface area contributed by atoms with Crippen molar-refractivity contribution in [2.24, 2.45) is 0 Å². The average molecular weight is 302 g/mol. The van der Waals surface area contributed by atoms with Crippen LogP contribution in [0.2, 0.25) is 0 Å². The van der Waals surface area contributed by atoms with Gasteiger partial charge in [0.05, 0.1) is 0 Å². The van der Waals surface area contributed by atoms with Crippen molar-refractivity contribution in [3.63, 3.8) is 0 Å². The molecule has 0 saturated heterocycles. The quantitative estimate of drug-likeness (QED) is 0.679. The van der Waals surface area contributed by atoms with E-state index < -0.39 is 4.92 Å². The third-order valence-corrected chi connectivity index (χ3v) is 3.32. The molecule has 2 aromatic rings. The van der Waals surface area contributed by atoms with Gasteiger partial charge in [0.25, 0.3) is 0 Å². The highest BCUT2D eigenvalue weighted by atomic mass is 16.6. The lowest BCUT2D eigenvalue weighted by molar-refractivity contribution is -0.389. The number of carbonyl (C=O) groups excluding carboxylic acids is 1. The van der Waals surface area contributed by atoms with Crippen LogP contribution in [0.15, 0.2) is 30.5 Å². The van der Waals surface area contributed by atoms with Gasteiger partial charge in [-0.05, 0) is 27.5 Å². The lowest BCUT2D eigenvalue weighted by Crippen LogP contribution is -2.20. The Bertz CT molecular complexity index is 707. The van der Waals surface area contributed by atoms with Gasteiger partial charge in [0.15, 0.2) is 0 Å². The van der Waals surface area contributed by atoms with Crippen molar-refractivity contribution in [1.29, 1.82) is 0 Å². The minimum absolute atomic E-state index is 0.0148. The molecule has 1 N–H and O–H groups in total. The van der Waals surface area contributed by atoms with Crippen LogP contribution in [0.4, 0.5) is 11.5 Å². The van der Waals surface area contributed by atoms with Gasteiger partial charge in [-0.25, -0.2) is 0 Å². The smallest absolute Gasteiger partial charge is 0.358 e. The van der Waals surface area contributed by atoms with E-state index in [0.29, 0.717) is 5.82 Å². The third-order valence-electron chi connectivity index (χ3n) is 3.32. The molecular weight excluding hydrogens is 284 g/mol. The molecule has 0 aliphatic rings. The second kappa shape index (κ2) is 6.38. The number of rotatable bonds is 5. The van der Waals surface area contributed by atoms with Crippen molar-refractivity contribution < 1.29 is 9.72 Å². The van der Waals surface area contributed by atoms with Crippen molar-refractivity contribution in [2.75, 3.05) is 5.32 Å². The Morgan fingerprint density at radius 3 is 2.68 bits per heavy atom. The van der Waals surface area contributed by atoms with Gasteiger partial charge in [0.1, 0.15) is 12.7 Å². The largest absolute Gasteiger partial charge is 0.381 e. The van der Waals surface area contributed by atoms with Crippen LogP contribution < -0.4 is 5.32 Å². The van der Waals surface area contributed by atoms with E-state index in [1.807, 2.05) is 38.1 Å². The summed E-state index contributed by atoms with van der Waals surface area (Å²) in [5, 5.41) is 13.5. The van der Waals surface area contributed by atoms with E-state index in [4.69, 9.17) is 0 Å². The Kier molecular flexibility index (Phi) is 4.55. The number of nitrogens with zero attached hydrogens (tertiary/aromatic N) is 3. The summed E-state index contributed by atoms with van der Waals surface area (Å²) in [7, 11) is 0. The predicted octanol–water partition coefficient (Wildman–Crippen LogP) is 2.86. The number of aryl methyl sites for hydroxylation is 1.